The summed E-state index contributed by atoms with van der Waals surface area (Å²) in [4.78, 5) is 16.4. The minimum Gasteiger partial charge on any atom is -0.381 e. The highest BCUT2D eigenvalue weighted by Crippen LogP contribution is 1.97. The van der Waals surface area contributed by atoms with Crippen LogP contribution in [0.1, 0.15) is 39.2 Å². The molecule has 0 aliphatic carbocycles. The van der Waals surface area contributed by atoms with Crippen molar-refractivity contribution in [3.8, 4) is 0 Å². The summed E-state index contributed by atoms with van der Waals surface area (Å²) >= 11 is 0. The first kappa shape index (κ1) is 25.6. The standard InChI is InChI=1S/C20H34N4O2.HI/c1-4-21-20(22-12-8-14-26-16-17(2)3)23-13-11-19(25)24-15-18-9-6-5-7-10-18;/h5-7,9-10,17H,4,8,11-16H2,1-3H3,(H,24,25)(H2,21,22,23);1H. The molecule has 1 aromatic rings. The first-order valence-corrected chi connectivity index (χ1v) is 9.52. The maximum absolute atomic E-state index is 11.9. The number of hydrogen-bond donors (Lipinski definition) is 3. The summed E-state index contributed by atoms with van der Waals surface area (Å²) < 4.78 is 5.55. The van der Waals surface area contributed by atoms with Crippen molar-refractivity contribution in [1.29, 1.82) is 0 Å². The van der Waals surface area contributed by atoms with Gasteiger partial charge in [0.2, 0.25) is 5.91 Å². The highest BCUT2D eigenvalue weighted by atomic mass is 127. The monoisotopic (exact) mass is 490 g/mol. The molecule has 0 radical (unpaired) electrons. The fourth-order valence-corrected chi connectivity index (χ4v) is 2.20. The molecule has 7 heteroatoms. The van der Waals surface area contributed by atoms with Crippen LogP contribution in [0, 0.1) is 5.92 Å². The zero-order valence-corrected chi connectivity index (χ0v) is 19.1. The number of amides is 1. The van der Waals surface area contributed by atoms with Gasteiger partial charge in [-0.25, -0.2) is 0 Å². The Morgan fingerprint density at radius 2 is 1.89 bits per heavy atom. The summed E-state index contributed by atoms with van der Waals surface area (Å²) in [5, 5.41) is 9.31. The van der Waals surface area contributed by atoms with E-state index in [-0.39, 0.29) is 29.9 Å². The lowest BCUT2D eigenvalue weighted by Gasteiger charge is -2.11. The molecule has 6 nitrogen and oxygen atoms in total. The average Bonchev–Trinajstić information content (AvgIpc) is 2.63. The highest BCUT2D eigenvalue weighted by Gasteiger charge is 2.03. The summed E-state index contributed by atoms with van der Waals surface area (Å²) in [6.07, 6.45) is 1.30. The Hall–Kier alpha value is -1.35. The van der Waals surface area contributed by atoms with Gasteiger partial charge in [0.05, 0.1) is 0 Å². The van der Waals surface area contributed by atoms with Crippen LogP contribution in [-0.2, 0) is 16.1 Å². The molecule has 0 aliphatic heterocycles. The predicted octanol–water partition coefficient (Wildman–Crippen LogP) is 2.93. The molecule has 3 N–H and O–H groups in total. The van der Waals surface area contributed by atoms with E-state index in [4.69, 9.17) is 4.74 Å². The SMILES string of the molecule is CCNC(=NCCCOCC(C)C)NCCC(=O)NCc1ccccc1.I. The van der Waals surface area contributed by atoms with Gasteiger partial charge >= 0.3 is 0 Å². The summed E-state index contributed by atoms with van der Waals surface area (Å²) in [5.74, 6) is 1.33. The van der Waals surface area contributed by atoms with Crippen LogP contribution in [0.3, 0.4) is 0 Å². The molecular formula is C20H35IN4O2. The van der Waals surface area contributed by atoms with Crippen molar-refractivity contribution in [2.75, 3.05) is 32.8 Å². The maximum Gasteiger partial charge on any atom is 0.222 e. The maximum atomic E-state index is 11.9. The number of nitrogens with zero attached hydrogens (tertiary/aromatic N) is 1. The van der Waals surface area contributed by atoms with E-state index in [2.05, 4.69) is 34.8 Å². The van der Waals surface area contributed by atoms with Crippen molar-refractivity contribution in [3.63, 3.8) is 0 Å². The van der Waals surface area contributed by atoms with Crippen LogP contribution in [0.5, 0.6) is 0 Å². The Bertz CT molecular complexity index is 524. The molecule has 0 aromatic heterocycles. The van der Waals surface area contributed by atoms with Crippen molar-refractivity contribution < 1.29 is 9.53 Å². The van der Waals surface area contributed by atoms with Crippen LogP contribution in [0.15, 0.2) is 35.3 Å². The number of rotatable bonds is 12. The van der Waals surface area contributed by atoms with Gasteiger partial charge in [0.25, 0.3) is 0 Å². The van der Waals surface area contributed by atoms with Crippen molar-refractivity contribution >= 4 is 35.8 Å². The molecule has 0 bridgehead atoms. The minimum atomic E-state index is 0. The van der Waals surface area contributed by atoms with Gasteiger partial charge in [-0.1, -0.05) is 44.2 Å². The zero-order chi connectivity index (χ0) is 19.0. The average molecular weight is 490 g/mol. The molecule has 1 aromatic carbocycles. The first-order valence-electron chi connectivity index (χ1n) is 9.52. The third-order valence-electron chi connectivity index (χ3n) is 3.49. The molecule has 0 saturated carbocycles. The fraction of sp³-hybridized carbons (Fsp3) is 0.600. The molecule has 0 atom stereocenters. The highest BCUT2D eigenvalue weighted by molar-refractivity contribution is 14.0. The molecule has 0 heterocycles. The predicted molar refractivity (Wildman–Crippen MR) is 123 cm³/mol. The lowest BCUT2D eigenvalue weighted by molar-refractivity contribution is -0.121. The molecule has 0 saturated heterocycles. The van der Waals surface area contributed by atoms with Gasteiger partial charge in [0.1, 0.15) is 0 Å². The zero-order valence-electron chi connectivity index (χ0n) is 16.8. The molecule has 154 valence electrons. The number of aliphatic imine (C=N–C) groups is 1. The van der Waals surface area contributed by atoms with E-state index in [1.807, 2.05) is 37.3 Å². The van der Waals surface area contributed by atoms with Crippen molar-refractivity contribution in [3.05, 3.63) is 35.9 Å². The Kier molecular flexibility index (Phi) is 16.0. The Balaban J connectivity index is 0.00000676. The van der Waals surface area contributed by atoms with Crippen LogP contribution < -0.4 is 16.0 Å². The van der Waals surface area contributed by atoms with E-state index in [0.717, 1.165) is 37.7 Å². The molecule has 0 unspecified atom stereocenters. The van der Waals surface area contributed by atoms with E-state index in [1.54, 1.807) is 0 Å². The van der Waals surface area contributed by atoms with Crippen LogP contribution in [-0.4, -0.2) is 44.7 Å². The van der Waals surface area contributed by atoms with Gasteiger partial charge in [-0.15, -0.1) is 24.0 Å². The lowest BCUT2D eigenvalue weighted by Crippen LogP contribution is -2.39. The van der Waals surface area contributed by atoms with E-state index in [1.165, 1.54) is 0 Å². The third kappa shape index (κ3) is 14.4. The first-order chi connectivity index (χ1) is 12.6. The smallest absolute Gasteiger partial charge is 0.222 e. The van der Waals surface area contributed by atoms with E-state index in [9.17, 15) is 4.79 Å². The Morgan fingerprint density at radius 3 is 2.56 bits per heavy atom. The second-order valence-electron chi connectivity index (χ2n) is 6.52. The normalized spacial score (nSPS) is 11.0. The summed E-state index contributed by atoms with van der Waals surface area (Å²) in [7, 11) is 0. The number of carbonyl (C=O) groups excluding carboxylic acids is 1. The number of ether oxygens (including phenoxy) is 1. The second-order valence-corrected chi connectivity index (χ2v) is 6.52. The van der Waals surface area contributed by atoms with E-state index >= 15 is 0 Å². The molecule has 0 fully saturated rings. The fourth-order valence-electron chi connectivity index (χ4n) is 2.20. The minimum absolute atomic E-state index is 0. The van der Waals surface area contributed by atoms with Crippen molar-refractivity contribution in [1.82, 2.24) is 16.0 Å². The van der Waals surface area contributed by atoms with Gasteiger partial charge in [0.15, 0.2) is 5.96 Å². The second kappa shape index (κ2) is 16.8. The molecule has 1 amide bonds. The summed E-state index contributed by atoms with van der Waals surface area (Å²) in [6.45, 7) is 10.4. The number of carbonyl (C=O) groups is 1. The van der Waals surface area contributed by atoms with E-state index < -0.39 is 0 Å². The van der Waals surface area contributed by atoms with Gasteiger partial charge in [-0.05, 0) is 24.8 Å². The lowest BCUT2D eigenvalue weighted by atomic mass is 10.2. The van der Waals surface area contributed by atoms with Gasteiger partial charge < -0.3 is 20.7 Å². The quantitative estimate of drug-likeness (QED) is 0.182. The van der Waals surface area contributed by atoms with Crippen LogP contribution >= 0.6 is 24.0 Å². The van der Waals surface area contributed by atoms with Gasteiger partial charge in [-0.2, -0.15) is 0 Å². The van der Waals surface area contributed by atoms with Crippen molar-refractivity contribution in [2.45, 2.75) is 40.2 Å². The number of guanidine groups is 1. The number of benzene rings is 1. The molecule has 0 aliphatic rings. The number of hydrogen-bond acceptors (Lipinski definition) is 3. The topological polar surface area (TPSA) is 74.8 Å². The summed E-state index contributed by atoms with van der Waals surface area (Å²) in [6, 6.07) is 9.90. The molecular weight excluding hydrogens is 455 g/mol. The van der Waals surface area contributed by atoms with Crippen LogP contribution in [0.2, 0.25) is 0 Å². The van der Waals surface area contributed by atoms with Gasteiger partial charge in [-0.3, -0.25) is 9.79 Å². The van der Waals surface area contributed by atoms with Crippen LogP contribution in [0.4, 0.5) is 0 Å². The van der Waals surface area contributed by atoms with Gasteiger partial charge in [0, 0.05) is 45.8 Å². The number of halogens is 1. The van der Waals surface area contributed by atoms with Crippen molar-refractivity contribution in [2.24, 2.45) is 10.9 Å². The summed E-state index contributed by atoms with van der Waals surface area (Å²) in [5.41, 5.74) is 1.10. The largest absolute Gasteiger partial charge is 0.381 e. The van der Waals surface area contributed by atoms with E-state index in [0.29, 0.717) is 32.0 Å². The third-order valence-corrected chi connectivity index (χ3v) is 3.49. The Labute approximate surface area is 181 Å². The molecule has 0 spiro atoms. The molecule has 27 heavy (non-hydrogen) atoms. The number of nitrogens with one attached hydrogen (secondary N) is 3. The Morgan fingerprint density at radius 1 is 1.15 bits per heavy atom. The van der Waals surface area contributed by atoms with Crippen LogP contribution in [0.25, 0.3) is 0 Å². The molecule has 1 rings (SSSR count).